The van der Waals surface area contributed by atoms with Crippen LogP contribution in [0.25, 0.3) is 0 Å². The van der Waals surface area contributed by atoms with Crippen molar-refractivity contribution in [3.8, 4) is 0 Å². The molecule has 2 rings (SSSR count). The van der Waals surface area contributed by atoms with Crippen LogP contribution in [0, 0.1) is 0 Å². The van der Waals surface area contributed by atoms with E-state index < -0.39 is 0 Å². The van der Waals surface area contributed by atoms with Gasteiger partial charge in [0.15, 0.2) is 0 Å². The van der Waals surface area contributed by atoms with Crippen LogP contribution in [-0.2, 0) is 0 Å². The summed E-state index contributed by atoms with van der Waals surface area (Å²) in [7, 11) is 0. The summed E-state index contributed by atoms with van der Waals surface area (Å²) in [6, 6.07) is 10.5. The Morgan fingerprint density at radius 2 is 2.17 bits per heavy atom. The molecule has 1 atom stereocenters. The number of nitrogens with zero attached hydrogens (tertiary/aromatic N) is 1. The quantitative estimate of drug-likeness (QED) is 0.836. The molecule has 1 unspecified atom stereocenters. The van der Waals surface area contributed by atoms with Crippen LogP contribution in [0.15, 0.2) is 30.3 Å². The van der Waals surface area contributed by atoms with E-state index in [0.717, 1.165) is 26.1 Å². The van der Waals surface area contributed by atoms with Gasteiger partial charge in [-0.15, -0.1) is 0 Å². The van der Waals surface area contributed by atoms with Crippen LogP contribution in [0.5, 0.6) is 0 Å². The lowest BCUT2D eigenvalue weighted by Crippen LogP contribution is -2.43. The van der Waals surface area contributed by atoms with Gasteiger partial charge in [0.25, 0.3) is 0 Å². The summed E-state index contributed by atoms with van der Waals surface area (Å²) >= 11 is 0. The van der Waals surface area contributed by atoms with Crippen molar-refractivity contribution in [2.45, 2.75) is 19.4 Å². The van der Waals surface area contributed by atoms with Gasteiger partial charge in [-0.05, 0) is 25.5 Å². The van der Waals surface area contributed by atoms with E-state index in [1.807, 2.05) is 30.0 Å². The highest BCUT2D eigenvalue weighted by Gasteiger charge is 2.25. The molecule has 1 aromatic carbocycles. The molecule has 98 valence electrons. The van der Waals surface area contributed by atoms with Gasteiger partial charge >= 0.3 is 6.03 Å². The summed E-state index contributed by atoms with van der Waals surface area (Å²) in [5.41, 5.74) is 1.22. The Hall–Kier alpha value is -1.55. The summed E-state index contributed by atoms with van der Waals surface area (Å²) in [5.74, 6) is 0. The molecule has 4 nitrogen and oxygen atoms in total. The highest BCUT2D eigenvalue weighted by molar-refractivity contribution is 5.74. The number of carbonyl (C=O) groups excluding carboxylic acids is 1. The molecule has 1 fully saturated rings. The fourth-order valence-corrected chi connectivity index (χ4v) is 2.39. The van der Waals surface area contributed by atoms with Gasteiger partial charge in [0.1, 0.15) is 0 Å². The maximum absolute atomic E-state index is 12.1. The van der Waals surface area contributed by atoms with Gasteiger partial charge in [-0.2, -0.15) is 0 Å². The van der Waals surface area contributed by atoms with Crippen LogP contribution in [0.2, 0.25) is 0 Å². The molecule has 1 heterocycles. The fourth-order valence-electron chi connectivity index (χ4n) is 2.39. The molecular weight excluding hydrogens is 226 g/mol. The monoisotopic (exact) mass is 247 g/mol. The van der Waals surface area contributed by atoms with Crippen molar-refractivity contribution in [2.24, 2.45) is 0 Å². The van der Waals surface area contributed by atoms with E-state index in [4.69, 9.17) is 0 Å². The Balaban J connectivity index is 2.19. The van der Waals surface area contributed by atoms with Crippen LogP contribution < -0.4 is 10.6 Å². The molecule has 0 saturated carbocycles. The molecule has 0 aliphatic carbocycles. The van der Waals surface area contributed by atoms with Crippen molar-refractivity contribution in [1.29, 1.82) is 0 Å². The van der Waals surface area contributed by atoms with Gasteiger partial charge in [0.2, 0.25) is 0 Å². The van der Waals surface area contributed by atoms with Gasteiger partial charge in [0, 0.05) is 19.6 Å². The van der Waals surface area contributed by atoms with Crippen molar-refractivity contribution < 1.29 is 4.79 Å². The second-order valence-electron chi connectivity index (χ2n) is 4.49. The molecule has 0 bridgehead atoms. The topological polar surface area (TPSA) is 44.4 Å². The number of hydrogen-bond acceptors (Lipinski definition) is 2. The SMILES string of the molecule is CCNC(=O)N1CCNCCC1c1ccccc1. The van der Waals surface area contributed by atoms with Gasteiger partial charge in [0.05, 0.1) is 6.04 Å². The third-order valence-electron chi connectivity index (χ3n) is 3.27. The molecule has 2 N–H and O–H groups in total. The maximum atomic E-state index is 12.1. The van der Waals surface area contributed by atoms with E-state index in [1.165, 1.54) is 5.56 Å². The van der Waals surface area contributed by atoms with Crippen molar-refractivity contribution in [1.82, 2.24) is 15.5 Å². The molecule has 1 aliphatic heterocycles. The largest absolute Gasteiger partial charge is 0.338 e. The van der Waals surface area contributed by atoms with Crippen LogP contribution in [0.3, 0.4) is 0 Å². The summed E-state index contributed by atoms with van der Waals surface area (Å²) in [5, 5.41) is 6.25. The predicted octanol–water partition coefficient (Wildman–Crippen LogP) is 1.75. The molecule has 1 aromatic rings. The summed E-state index contributed by atoms with van der Waals surface area (Å²) in [6.45, 7) is 5.19. The number of rotatable bonds is 2. The Kier molecular flexibility index (Phi) is 4.59. The maximum Gasteiger partial charge on any atom is 0.317 e. The number of carbonyl (C=O) groups is 1. The first kappa shape index (κ1) is 12.9. The lowest BCUT2D eigenvalue weighted by atomic mass is 10.0. The third-order valence-corrected chi connectivity index (χ3v) is 3.27. The molecule has 4 heteroatoms. The van der Waals surface area contributed by atoms with Crippen molar-refractivity contribution >= 4 is 6.03 Å². The minimum Gasteiger partial charge on any atom is -0.338 e. The Morgan fingerprint density at radius 3 is 2.89 bits per heavy atom. The number of urea groups is 1. The lowest BCUT2D eigenvalue weighted by molar-refractivity contribution is 0.179. The Bertz CT molecular complexity index is 380. The van der Waals surface area contributed by atoms with E-state index in [2.05, 4.69) is 22.8 Å². The molecule has 0 aromatic heterocycles. The van der Waals surface area contributed by atoms with E-state index >= 15 is 0 Å². The lowest BCUT2D eigenvalue weighted by Gasteiger charge is -2.30. The van der Waals surface area contributed by atoms with Gasteiger partial charge in [-0.1, -0.05) is 30.3 Å². The minimum atomic E-state index is 0.0371. The highest BCUT2D eigenvalue weighted by Crippen LogP contribution is 2.24. The fraction of sp³-hybridized carbons (Fsp3) is 0.500. The van der Waals surface area contributed by atoms with Gasteiger partial charge < -0.3 is 15.5 Å². The molecule has 1 aliphatic rings. The van der Waals surface area contributed by atoms with Gasteiger partial charge in [-0.25, -0.2) is 4.79 Å². The summed E-state index contributed by atoms with van der Waals surface area (Å²) in [6.07, 6.45) is 0.959. The van der Waals surface area contributed by atoms with E-state index in [1.54, 1.807) is 0 Å². The van der Waals surface area contributed by atoms with Crippen LogP contribution in [0.4, 0.5) is 4.79 Å². The first-order valence-corrected chi connectivity index (χ1v) is 6.63. The number of nitrogens with one attached hydrogen (secondary N) is 2. The first-order chi connectivity index (χ1) is 8.83. The Labute approximate surface area is 108 Å². The average Bonchev–Trinajstić information content (AvgIpc) is 2.65. The molecular formula is C14H21N3O. The average molecular weight is 247 g/mol. The molecule has 0 spiro atoms. The van der Waals surface area contributed by atoms with Crippen molar-refractivity contribution in [3.05, 3.63) is 35.9 Å². The van der Waals surface area contributed by atoms with Crippen LogP contribution in [0.1, 0.15) is 24.9 Å². The van der Waals surface area contributed by atoms with Gasteiger partial charge in [-0.3, -0.25) is 0 Å². The second kappa shape index (κ2) is 6.40. The van der Waals surface area contributed by atoms with Crippen LogP contribution >= 0.6 is 0 Å². The normalized spacial score (nSPS) is 20.3. The third kappa shape index (κ3) is 3.01. The number of benzene rings is 1. The zero-order valence-corrected chi connectivity index (χ0v) is 10.9. The molecule has 18 heavy (non-hydrogen) atoms. The van der Waals surface area contributed by atoms with Crippen molar-refractivity contribution in [3.63, 3.8) is 0 Å². The summed E-state index contributed by atoms with van der Waals surface area (Å²) in [4.78, 5) is 14.1. The highest BCUT2D eigenvalue weighted by atomic mass is 16.2. The van der Waals surface area contributed by atoms with E-state index in [-0.39, 0.29) is 12.1 Å². The zero-order valence-electron chi connectivity index (χ0n) is 10.9. The van der Waals surface area contributed by atoms with Crippen molar-refractivity contribution in [2.75, 3.05) is 26.2 Å². The van der Waals surface area contributed by atoms with E-state index in [0.29, 0.717) is 6.54 Å². The second-order valence-corrected chi connectivity index (χ2v) is 4.49. The molecule has 1 saturated heterocycles. The summed E-state index contributed by atoms with van der Waals surface area (Å²) < 4.78 is 0. The zero-order chi connectivity index (χ0) is 12.8. The minimum absolute atomic E-state index is 0.0371. The smallest absolute Gasteiger partial charge is 0.317 e. The first-order valence-electron chi connectivity index (χ1n) is 6.63. The molecule has 0 radical (unpaired) electrons. The molecule has 2 amide bonds. The van der Waals surface area contributed by atoms with Crippen LogP contribution in [-0.4, -0.2) is 37.1 Å². The van der Waals surface area contributed by atoms with E-state index in [9.17, 15) is 4.79 Å². The standard InChI is InChI=1S/C14H21N3O/c1-2-16-14(18)17-11-10-15-9-8-13(17)12-6-4-3-5-7-12/h3-7,13,15H,2,8-11H2,1H3,(H,16,18). The predicted molar refractivity (Wildman–Crippen MR) is 72.4 cm³/mol. The Morgan fingerprint density at radius 1 is 1.39 bits per heavy atom. The number of hydrogen-bond donors (Lipinski definition) is 2. The number of amides is 2.